The summed E-state index contributed by atoms with van der Waals surface area (Å²) >= 11 is 6.25. The number of aryl methyl sites for hydroxylation is 1. The van der Waals surface area contributed by atoms with Crippen LogP contribution in [0.25, 0.3) is 0 Å². The van der Waals surface area contributed by atoms with Crippen LogP contribution in [0.5, 0.6) is 0 Å². The molecule has 0 amide bonds. The van der Waals surface area contributed by atoms with Crippen LogP contribution in [0.1, 0.15) is 18.1 Å². The summed E-state index contributed by atoms with van der Waals surface area (Å²) in [5.41, 5.74) is 1.66. The summed E-state index contributed by atoms with van der Waals surface area (Å²) in [5.74, 6) is -0.766. The van der Waals surface area contributed by atoms with Crippen molar-refractivity contribution in [2.45, 2.75) is 36.9 Å². The molecule has 2 atom stereocenters. The highest BCUT2D eigenvalue weighted by atomic mass is 35.5. The lowest BCUT2D eigenvalue weighted by molar-refractivity contribution is -0.145. The largest absolute Gasteiger partial charge is 0.468 e. The van der Waals surface area contributed by atoms with Gasteiger partial charge in [0.1, 0.15) is 0 Å². The summed E-state index contributed by atoms with van der Waals surface area (Å²) in [6, 6.07) is 15.5. The van der Waals surface area contributed by atoms with Crippen LogP contribution in [0, 0.1) is 6.92 Å². The van der Waals surface area contributed by atoms with Crippen molar-refractivity contribution >= 4 is 27.6 Å². The molecule has 2 aromatic rings. The number of carbonyl (C=O) groups excluding carboxylic acids is 1. The highest BCUT2D eigenvalue weighted by Crippen LogP contribution is 2.26. The van der Waals surface area contributed by atoms with Crippen molar-refractivity contribution in [1.29, 1.82) is 0 Å². The number of alkyl halides is 1. The van der Waals surface area contributed by atoms with E-state index in [1.807, 2.05) is 13.0 Å². The van der Waals surface area contributed by atoms with Gasteiger partial charge in [-0.3, -0.25) is 4.79 Å². The number of halogens is 1. The third-order valence-electron chi connectivity index (χ3n) is 4.11. The molecule has 0 unspecified atom stereocenters. The number of esters is 1. The van der Waals surface area contributed by atoms with Crippen molar-refractivity contribution in [2.75, 3.05) is 13.7 Å². The minimum atomic E-state index is -4.01. The molecule has 2 aromatic carbocycles. The molecule has 6 nitrogen and oxygen atoms in total. The van der Waals surface area contributed by atoms with Gasteiger partial charge in [0.15, 0.2) is 11.6 Å². The molecular weight excluding hydrogens is 402 g/mol. The molecule has 0 N–H and O–H groups in total. The number of methoxy groups -OCH3 is 1. The predicted molar refractivity (Wildman–Crippen MR) is 107 cm³/mol. The van der Waals surface area contributed by atoms with E-state index < -0.39 is 27.6 Å². The molecule has 0 aromatic heterocycles. The van der Waals surface area contributed by atoms with E-state index in [2.05, 4.69) is 0 Å². The van der Waals surface area contributed by atoms with Gasteiger partial charge in [0.2, 0.25) is 10.0 Å². The second kappa shape index (κ2) is 10.0. The van der Waals surface area contributed by atoms with Crippen LogP contribution in [0.4, 0.5) is 0 Å². The number of benzene rings is 2. The standard InChI is InChI=1S/C20H24ClNO5S/c1-4-27-19(18(21)20(23)26-3)22(14-16-8-6-5-7-9-16)28(24,25)17-12-10-15(2)11-13-17/h5-13,18-19H,4,14H2,1-3H3/t18-,19-/m1/s1. The molecule has 0 heterocycles. The second-order valence-electron chi connectivity index (χ2n) is 6.12. The number of carbonyl (C=O) groups is 1. The van der Waals surface area contributed by atoms with Crippen molar-refractivity contribution in [2.24, 2.45) is 0 Å². The first-order valence-corrected chi connectivity index (χ1v) is 10.6. The fourth-order valence-electron chi connectivity index (χ4n) is 2.63. The lowest BCUT2D eigenvalue weighted by Crippen LogP contribution is -2.49. The van der Waals surface area contributed by atoms with Crippen molar-refractivity contribution in [3.05, 3.63) is 65.7 Å². The Morgan fingerprint density at radius 2 is 1.71 bits per heavy atom. The number of rotatable bonds is 9. The number of sulfonamides is 1. The molecule has 2 rings (SSSR count). The Bertz CT molecular complexity index is 871. The normalized spacial score (nSPS) is 13.9. The van der Waals surface area contributed by atoms with Crippen LogP contribution in [0.15, 0.2) is 59.5 Å². The monoisotopic (exact) mass is 425 g/mol. The van der Waals surface area contributed by atoms with E-state index in [0.717, 1.165) is 15.4 Å². The Morgan fingerprint density at radius 3 is 2.25 bits per heavy atom. The minimum absolute atomic E-state index is 0.0120. The summed E-state index contributed by atoms with van der Waals surface area (Å²) in [5, 5.41) is -1.33. The van der Waals surface area contributed by atoms with Gasteiger partial charge in [0.25, 0.3) is 0 Å². The Hall–Kier alpha value is -1.93. The fourth-order valence-corrected chi connectivity index (χ4v) is 4.52. The zero-order chi connectivity index (χ0) is 20.7. The summed E-state index contributed by atoms with van der Waals surface area (Å²) < 4.78 is 38.2. The molecule has 0 aliphatic rings. The Balaban J connectivity index is 2.53. The third-order valence-corrected chi connectivity index (χ3v) is 6.32. The number of nitrogens with zero attached hydrogens (tertiary/aromatic N) is 1. The van der Waals surface area contributed by atoms with Gasteiger partial charge in [-0.25, -0.2) is 8.42 Å². The Morgan fingerprint density at radius 1 is 1.11 bits per heavy atom. The maximum atomic E-state index is 13.4. The predicted octanol–water partition coefficient (Wildman–Crippen LogP) is 3.33. The van der Waals surface area contributed by atoms with E-state index in [1.54, 1.807) is 43.3 Å². The summed E-state index contributed by atoms with van der Waals surface area (Å²) in [6.45, 7) is 3.72. The van der Waals surface area contributed by atoms with Crippen molar-refractivity contribution in [3.63, 3.8) is 0 Å². The average Bonchev–Trinajstić information content (AvgIpc) is 2.70. The van der Waals surface area contributed by atoms with Gasteiger partial charge in [-0.05, 0) is 31.5 Å². The van der Waals surface area contributed by atoms with Crippen LogP contribution < -0.4 is 0 Å². The molecule has 0 aliphatic carbocycles. The maximum absolute atomic E-state index is 13.4. The first-order valence-electron chi connectivity index (χ1n) is 8.77. The topological polar surface area (TPSA) is 72.9 Å². The molecule has 8 heteroatoms. The molecule has 0 saturated heterocycles. The van der Waals surface area contributed by atoms with Crippen molar-refractivity contribution in [1.82, 2.24) is 4.31 Å². The molecule has 0 aliphatic heterocycles. The Labute approximate surface area is 171 Å². The lowest BCUT2D eigenvalue weighted by Gasteiger charge is -2.32. The molecule has 0 radical (unpaired) electrons. The first kappa shape index (κ1) is 22.4. The minimum Gasteiger partial charge on any atom is -0.468 e. The first-order chi connectivity index (χ1) is 13.3. The molecule has 0 fully saturated rings. The lowest BCUT2D eigenvalue weighted by atomic mass is 10.2. The van der Waals surface area contributed by atoms with Crippen LogP contribution in [-0.4, -0.2) is 44.0 Å². The molecule has 0 saturated carbocycles. The SMILES string of the molecule is CCO[C@H]([C@@H](Cl)C(=O)OC)N(Cc1ccccc1)S(=O)(=O)c1ccc(C)cc1. The van der Waals surface area contributed by atoms with Gasteiger partial charge in [-0.2, -0.15) is 4.31 Å². The number of ether oxygens (including phenoxy) is 2. The Kier molecular flexibility index (Phi) is 8.00. The average molecular weight is 426 g/mol. The summed E-state index contributed by atoms with van der Waals surface area (Å²) in [6.07, 6.45) is -1.23. The van der Waals surface area contributed by atoms with Crippen LogP contribution in [0.2, 0.25) is 0 Å². The van der Waals surface area contributed by atoms with Gasteiger partial charge in [-0.1, -0.05) is 48.0 Å². The van der Waals surface area contributed by atoms with Crippen molar-refractivity contribution < 1.29 is 22.7 Å². The van der Waals surface area contributed by atoms with Gasteiger partial charge in [0, 0.05) is 13.2 Å². The smallest absolute Gasteiger partial charge is 0.327 e. The van der Waals surface area contributed by atoms with Crippen LogP contribution >= 0.6 is 11.6 Å². The van der Waals surface area contributed by atoms with E-state index in [1.165, 1.54) is 19.2 Å². The second-order valence-corrected chi connectivity index (χ2v) is 8.48. The molecule has 152 valence electrons. The maximum Gasteiger partial charge on any atom is 0.327 e. The van der Waals surface area contributed by atoms with Crippen molar-refractivity contribution in [3.8, 4) is 0 Å². The van der Waals surface area contributed by atoms with Gasteiger partial charge >= 0.3 is 5.97 Å². The third kappa shape index (κ3) is 5.32. The van der Waals surface area contributed by atoms with E-state index in [0.29, 0.717) is 0 Å². The molecule has 28 heavy (non-hydrogen) atoms. The van der Waals surface area contributed by atoms with Gasteiger partial charge in [-0.15, -0.1) is 11.6 Å². The van der Waals surface area contributed by atoms with Gasteiger partial charge < -0.3 is 9.47 Å². The zero-order valence-corrected chi connectivity index (χ0v) is 17.6. The highest BCUT2D eigenvalue weighted by Gasteiger charge is 2.40. The fraction of sp³-hybridized carbons (Fsp3) is 0.350. The van der Waals surface area contributed by atoms with E-state index in [-0.39, 0.29) is 18.0 Å². The molecule has 0 spiro atoms. The quantitative estimate of drug-likeness (QED) is 0.350. The highest BCUT2D eigenvalue weighted by molar-refractivity contribution is 7.89. The number of hydrogen-bond acceptors (Lipinski definition) is 5. The van der Waals surface area contributed by atoms with E-state index in [4.69, 9.17) is 21.1 Å². The van der Waals surface area contributed by atoms with E-state index >= 15 is 0 Å². The van der Waals surface area contributed by atoms with Gasteiger partial charge in [0.05, 0.1) is 12.0 Å². The van der Waals surface area contributed by atoms with Crippen LogP contribution in [0.3, 0.4) is 0 Å². The summed E-state index contributed by atoms with van der Waals surface area (Å²) in [4.78, 5) is 12.1. The van der Waals surface area contributed by atoms with E-state index in [9.17, 15) is 13.2 Å². The zero-order valence-electron chi connectivity index (χ0n) is 16.0. The molecule has 0 bridgehead atoms. The summed E-state index contributed by atoms with van der Waals surface area (Å²) in [7, 11) is -2.82. The van der Waals surface area contributed by atoms with Crippen LogP contribution in [-0.2, 0) is 30.8 Å². The number of hydrogen-bond donors (Lipinski definition) is 0. The molecular formula is C20H24ClNO5S.